The van der Waals surface area contributed by atoms with Crippen molar-refractivity contribution in [2.45, 2.75) is 17.9 Å². The van der Waals surface area contributed by atoms with Crippen LogP contribution < -0.4 is 15.9 Å². The normalized spacial score (nSPS) is 12.7. The molecule has 0 aliphatic carbocycles. The molecule has 0 bridgehead atoms. The van der Waals surface area contributed by atoms with E-state index < -0.39 is 22.1 Å². The quantitative estimate of drug-likeness (QED) is 0.657. The van der Waals surface area contributed by atoms with Gasteiger partial charge in [-0.05, 0) is 36.8 Å². The Morgan fingerprint density at radius 3 is 2.72 bits per heavy atom. The minimum absolute atomic E-state index is 0.000313. The molecule has 2 aromatic carbocycles. The highest BCUT2D eigenvalue weighted by Gasteiger charge is 2.14. The van der Waals surface area contributed by atoms with Gasteiger partial charge in [0, 0.05) is 0 Å². The maximum atomic E-state index is 12.2. The molecule has 0 saturated heterocycles. The molecular formula is C16H17N5O3S. The number of nitrogens with two attached hydrogens (primary N) is 1. The third-order valence-electron chi connectivity index (χ3n) is 3.71. The standard InChI is InChI=1S/C16H17N5O3S/c1-11(12-5-4-6-13(9-12)25(17,23)24)19-16(22)20-21-10-18-14-7-2-3-8-15(14)21/h2-11H,1H3,(H2,17,23,24)(H2,19,20,22). The second-order valence-electron chi connectivity index (χ2n) is 5.53. The Bertz CT molecular complexity index is 1030. The van der Waals surface area contributed by atoms with Gasteiger partial charge >= 0.3 is 6.03 Å². The van der Waals surface area contributed by atoms with Gasteiger partial charge in [0.05, 0.1) is 22.0 Å². The van der Waals surface area contributed by atoms with Gasteiger partial charge in [0.15, 0.2) is 0 Å². The summed E-state index contributed by atoms with van der Waals surface area (Å²) in [4.78, 5) is 16.4. The monoisotopic (exact) mass is 359 g/mol. The van der Waals surface area contributed by atoms with E-state index in [2.05, 4.69) is 15.7 Å². The summed E-state index contributed by atoms with van der Waals surface area (Å²) in [6, 6.07) is 12.7. The molecule has 1 atom stereocenters. The molecule has 25 heavy (non-hydrogen) atoms. The van der Waals surface area contributed by atoms with E-state index in [0.717, 1.165) is 11.0 Å². The fourth-order valence-corrected chi connectivity index (χ4v) is 3.00. The largest absolute Gasteiger partial charge is 0.334 e. The number of hydrogen-bond acceptors (Lipinski definition) is 4. The highest BCUT2D eigenvalue weighted by atomic mass is 32.2. The van der Waals surface area contributed by atoms with Crippen LogP contribution in [-0.2, 0) is 10.0 Å². The zero-order valence-corrected chi connectivity index (χ0v) is 14.2. The number of imidazole rings is 1. The van der Waals surface area contributed by atoms with Crippen molar-refractivity contribution >= 4 is 27.1 Å². The summed E-state index contributed by atoms with van der Waals surface area (Å²) < 4.78 is 24.4. The molecule has 3 rings (SSSR count). The van der Waals surface area contributed by atoms with Gasteiger partial charge in [0.25, 0.3) is 0 Å². The Balaban J connectivity index is 1.73. The predicted octanol–water partition coefficient (Wildman–Crippen LogP) is 1.70. The van der Waals surface area contributed by atoms with E-state index in [9.17, 15) is 13.2 Å². The summed E-state index contributed by atoms with van der Waals surface area (Å²) in [6.45, 7) is 1.74. The number of nitrogens with zero attached hydrogens (tertiary/aromatic N) is 2. The summed E-state index contributed by atoms with van der Waals surface area (Å²) in [5, 5.41) is 7.88. The lowest BCUT2D eigenvalue weighted by atomic mass is 10.1. The van der Waals surface area contributed by atoms with Gasteiger partial charge in [-0.15, -0.1) is 0 Å². The van der Waals surface area contributed by atoms with Crippen LogP contribution in [0.3, 0.4) is 0 Å². The predicted molar refractivity (Wildman–Crippen MR) is 93.9 cm³/mol. The van der Waals surface area contributed by atoms with Gasteiger partial charge in [-0.1, -0.05) is 24.3 Å². The molecule has 0 spiro atoms. The number of aromatic nitrogens is 2. The smallest absolute Gasteiger partial charge is 0.330 e. The van der Waals surface area contributed by atoms with Crippen LogP contribution in [0.4, 0.5) is 4.79 Å². The van der Waals surface area contributed by atoms with Crippen LogP contribution in [0.2, 0.25) is 0 Å². The lowest BCUT2D eigenvalue weighted by Gasteiger charge is -2.16. The van der Waals surface area contributed by atoms with Crippen LogP contribution in [0, 0.1) is 0 Å². The third kappa shape index (κ3) is 3.78. The lowest BCUT2D eigenvalue weighted by molar-refractivity contribution is 0.247. The van der Waals surface area contributed by atoms with Crippen LogP contribution in [0.25, 0.3) is 11.0 Å². The zero-order valence-electron chi connectivity index (χ0n) is 13.4. The van der Waals surface area contributed by atoms with E-state index in [1.165, 1.54) is 23.1 Å². The Morgan fingerprint density at radius 1 is 1.20 bits per heavy atom. The number of carbonyl (C=O) groups is 1. The van der Waals surface area contributed by atoms with Crippen LogP contribution in [0.15, 0.2) is 59.8 Å². The van der Waals surface area contributed by atoms with Crippen LogP contribution in [-0.4, -0.2) is 24.1 Å². The lowest BCUT2D eigenvalue weighted by Crippen LogP contribution is -2.35. The van der Waals surface area contributed by atoms with Crippen LogP contribution >= 0.6 is 0 Å². The number of para-hydroxylation sites is 2. The minimum Gasteiger partial charge on any atom is -0.330 e. The van der Waals surface area contributed by atoms with Crippen molar-refractivity contribution in [3.8, 4) is 0 Å². The number of sulfonamides is 1. The van der Waals surface area contributed by atoms with E-state index >= 15 is 0 Å². The van der Waals surface area contributed by atoms with Crippen molar-refractivity contribution < 1.29 is 13.2 Å². The molecule has 2 amide bonds. The Kier molecular flexibility index (Phi) is 4.43. The van der Waals surface area contributed by atoms with Crippen molar-refractivity contribution in [3.05, 3.63) is 60.4 Å². The van der Waals surface area contributed by atoms with Gasteiger partial charge in [-0.3, -0.25) is 0 Å². The molecule has 4 N–H and O–H groups in total. The number of nitrogens with one attached hydrogen (secondary N) is 2. The second kappa shape index (κ2) is 6.54. The summed E-state index contributed by atoms with van der Waals surface area (Å²) in [6.07, 6.45) is 1.51. The molecule has 0 radical (unpaired) electrons. The van der Waals surface area contributed by atoms with Gasteiger partial charge in [-0.25, -0.2) is 33.4 Å². The Morgan fingerprint density at radius 2 is 1.96 bits per heavy atom. The van der Waals surface area contributed by atoms with E-state index in [1.807, 2.05) is 24.3 Å². The van der Waals surface area contributed by atoms with E-state index in [0.29, 0.717) is 5.56 Å². The van der Waals surface area contributed by atoms with Crippen molar-refractivity contribution in [1.82, 2.24) is 15.0 Å². The first-order valence-electron chi connectivity index (χ1n) is 7.47. The average Bonchev–Trinajstić information content (AvgIpc) is 2.97. The van der Waals surface area contributed by atoms with Gasteiger partial charge in [0.1, 0.15) is 6.33 Å². The van der Waals surface area contributed by atoms with Gasteiger partial charge in [-0.2, -0.15) is 0 Å². The number of carbonyl (C=O) groups excluding carboxylic acids is 1. The molecule has 130 valence electrons. The van der Waals surface area contributed by atoms with Crippen molar-refractivity contribution in [3.63, 3.8) is 0 Å². The number of amides is 2. The molecular weight excluding hydrogens is 342 g/mol. The second-order valence-corrected chi connectivity index (χ2v) is 7.09. The molecule has 3 aromatic rings. The Labute approximate surface area is 144 Å². The number of urea groups is 1. The first-order chi connectivity index (χ1) is 11.8. The van der Waals surface area contributed by atoms with Gasteiger partial charge < -0.3 is 5.32 Å². The summed E-state index contributed by atoms with van der Waals surface area (Å²) in [5.74, 6) is 0. The molecule has 1 aromatic heterocycles. The maximum Gasteiger partial charge on any atom is 0.334 e. The van der Waals surface area contributed by atoms with Crippen LogP contribution in [0.1, 0.15) is 18.5 Å². The van der Waals surface area contributed by atoms with Crippen molar-refractivity contribution in [1.29, 1.82) is 0 Å². The SMILES string of the molecule is CC(NC(=O)Nn1cnc2ccccc21)c1cccc(S(N)(=O)=O)c1. The van der Waals surface area contributed by atoms with E-state index in [-0.39, 0.29) is 4.90 Å². The van der Waals surface area contributed by atoms with Crippen molar-refractivity contribution in [2.24, 2.45) is 5.14 Å². The number of rotatable bonds is 4. The molecule has 1 heterocycles. The molecule has 9 heteroatoms. The first kappa shape index (κ1) is 16.9. The number of primary sulfonamides is 1. The van der Waals surface area contributed by atoms with E-state index in [1.54, 1.807) is 19.1 Å². The van der Waals surface area contributed by atoms with E-state index in [4.69, 9.17) is 5.14 Å². The zero-order chi connectivity index (χ0) is 18.0. The van der Waals surface area contributed by atoms with Gasteiger partial charge in [0.2, 0.25) is 10.0 Å². The fraction of sp³-hybridized carbons (Fsp3) is 0.125. The summed E-state index contributed by atoms with van der Waals surface area (Å²) >= 11 is 0. The molecule has 0 aliphatic rings. The highest BCUT2D eigenvalue weighted by Crippen LogP contribution is 2.17. The molecule has 1 unspecified atom stereocenters. The highest BCUT2D eigenvalue weighted by molar-refractivity contribution is 7.89. The number of hydrogen-bond donors (Lipinski definition) is 3. The minimum atomic E-state index is -3.79. The topological polar surface area (TPSA) is 119 Å². The average molecular weight is 359 g/mol. The van der Waals surface area contributed by atoms with Crippen LogP contribution in [0.5, 0.6) is 0 Å². The summed E-state index contributed by atoms with van der Waals surface area (Å²) in [5.41, 5.74) is 4.82. The first-order valence-corrected chi connectivity index (χ1v) is 9.01. The molecule has 0 fully saturated rings. The number of fused-ring (bicyclic) bond motifs is 1. The van der Waals surface area contributed by atoms with Crippen molar-refractivity contribution in [2.75, 3.05) is 5.43 Å². The molecule has 0 aliphatic heterocycles. The molecule has 0 saturated carbocycles. The summed E-state index contributed by atoms with van der Waals surface area (Å²) in [7, 11) is -3.79. The third-order valence-corrected chi connectivity index (χ3v) is 4.62. The molecule has 8 nitrogen and oxygen atoms in total. The maximum absolute atomic E-state index is 12.2. The fourth-order valence-electron chi connectivity index (χ4n) is 2.43. The Hall–Kier alpha value is -2.91. The number of benzene rings is 2.